The number of hydrogen-bond donors (Lipinski definition) is 2. The van der Waals surface area contributed by atoms with Crippen molar-refractivity contribution in [1.82, 2.24) is 20.4 Å². The third kappa shape index (κ3) is 5.97. The summed E-state index contributed by atoms with van der Waals surface area (Å²) in [7, 11) is 0. The van der Waals surface area contributed by atoms with Crippen molar-refractivity contribution in [3.63, 3.8) is 0 Å². The summed E-state index contributed by atoms with van der Waals surface area (Å²) >= 11 is 0. The molecule has 1 atom stereocenters. The van der Waals surface area contributed by atoms with Gasteiger partial charge in [0.05, 0.1) is 19.3 Å². The number of rotatable bonds is 5. The van der Waals surface area contributed by atoms with Gasteiger partial charge in [0.1, 0.15) is 0 Å². The molecule has 0 aliphatic carbocycles. The highest BCUT2D eigenvalue weighted by atomic mass is 16.5. The van der Waals surface area contributed by atoms with E-state index in [1.54, 1.807) is 6.92 Å². The zero-order valence-electron chi connectivity index (χ0n) is 15.3. The van der Waals surface area contributed by atoms with Gasteiger partial charge in [-0.2, -0.15) is 0 Å². The van der Waals surface area contributed by atoms with Crippen molar-refractivity contribution in [2.24, 2.45) is 5.92 Å². The monoisotopic (exact) mass is 354 g/mol. The Kier molecular flexibility index (Phi) is 7.64. The number of carbonyl (C=O) groups is 3. The number of hydrogen-bond acceptors (Lipinski definition) is 5. The van der Waals surface area contributed by atoms with E-state index in [9.17, 15) is 14.4 Å². The van der Waals surface area contributed by atoms with Crippen LogP contribution < -0.4 is 10.6 Å². The van der Waals surface area contributed by atoms with Gasteiger partial charge >= 0.3 is 6.03 Å². The zero-order chi connectivity index (χ0) is 18.2. The zero-order valence-corrected chi connectivity index (χ0v) is 15.3. The Morgan fingerprint density at radius 3 is 2.36 bits per heavy atom. The maximum absolute atomic E-state index is 12.3. The first-order valence-electron chi connectivity index (χ1n) is 9.19. The molecule has 2 heterocycles. The molecule has 2 saturated heterocycles. The lowest BCUT2D eigenvalue weighted by molar-refractivity contribution is -0.137. The largest absolute Gasteiger partial charge is 0.378 e. The van der Waals surface area contributed by atoms with Gasteiger partial charge in [-0.3, -0.25) is 19.8 Å². The summed E-state index contributed by atoms with van der Waals surface area (Å²) < 4.78 is 5.28. The first-order chi connectivity index (χ1) is 12.0. The van der Waals surface area contributed by atoms with Crippen LogP contribution in [0.5, 0.6) is 0 Å². The second-order valence-corrected chi connectivity index (χ2v) is 6.70. The third-order valence-corrected chi connectivity index (χ3v) is 4.98. The van der Waals surface area contributed by atoms with E-state index in [2.05, 4.69) is 15.5 Å². The van der Waals surface area contributed by atoms with Gasteiger partial charge in [-0.25, -0.2) is 4.79 Å². The number of nitrogens with zero attached hydrogens (tertiary/aromatic N) is 2. The summed E-state index contributed by atoms with van der Waals surface area (Å²) in [5.74, 6) is 0.294. The molecule has 2 aliphatic rings. The molecule has 2 rings (SSSR count). The summed E-state index contributed by atoms with van der Waals surface area (Å²) in [6.45, 7) is 8.27. The second kappa shape index (κ2) is 9.72. The minimum atomic E-state index is -0.453. The summed E-state index contributed by atoms with van der Waals surface area (Å²) in [5.41, 5.74) is 0. The number of ether oxygens (including phenoxy) is 1. The molecular formula is C17H30N4O4. The van der Waals surface area contributed by atoms with Gasteiger partial charge in [-0.05, 0) is 45.7 Å². The van der Waals surface area contributed by atoms with Crippen LogP contribution in [0.25, 0.3) is 0 Å². The molecule has 0 spiro atoms. The molecule has 142 valence electrons. The molecule has 4 amide bonds. The van der Waals surface area contributed by atoms with Crippen molar-refractivity contribution < 1.29 is 19.1 Å². The molecule has 0 bridgehead atoms. The summed E-state index contributed by atoms with van der Waals surface area (Å²) in [6.07, 6.45) is 2.37. The number of carbonyl (C=O) groups excluding carboxylic acids is 3. The molecular weight excluding hydrogens is 324 g/mol. The average Bonchev–Trinajstić information content (AvgIpc) is 2.62. The van der Waals surface area contributed by atoms with Gasteiger partial charge in [0, 0.05) is 26.1 Å². The average molecular weight is 354 g/mol. The minimum absolute atomic E-state index is 0.212. The summed E-state index contributed by atoms with van der Waals surface area (Å²) in [6, 6.07) is -0.802. The van der Waals surface area contributed by atoms with E-state index in [4.69, 9.17) is 4.74 Å². The van der Waals surface area contributed by atoms with Crippen molar-refractivity contribution in [3.05, 3.63) is 0 Å². The van der Waals surface area contributed by atoms with Crippen molar-refractivity contribution in [1.29, 1.82) is 0 Å². The molecule has 25 heavy (non-hydrogen) atoms. The fraction of sp³-hybridized carbons (Fsp3) is 0.824. The normalized spacial score (nSPS) is 20.8. The van der Waals surface area contributed by atoms with Crippen LogP contribution in [0.15, 0.2) is 0 Å². The van der Waals surface area contributed by atoms with Crippen molar-refractivity contribution in [2.45, 2.75) is 39.2 Å². The predicted molar refractivity (Wildman–Crippen MR) is 93.0 cm³/mol. The van der Waals surface area contributed by atoms with Gasteiger partial charge in [0.15, 0.2) is 0 Å². The van der Waals surface area contributed by atoms with E-state index in [0.717, 1.165) is 25.9 Å². The number of piperidine rings is 1. The number of nitrogens with one attached hydrogen (secondary N) is 2. The van der Waals surface area contributed by atoms with E-state index in [-0.39, 0.29) is 17.9 Å². The predicted octanol–water partition coefficient (Wildman–Crippen LogP) is 0.182. The van der Waals surface area contributed by atoms with Gasteiger partial charge in [-0.1, -0.05) is 0 Å². The highest BCUT2D eigenvalue weighted by Gasteiger charge is 2.29. The number of amides is 4. The number of urea groups is 1. The lowest BCUT2D eigenvalue weighted by atomic mass is 9.92. The number of likely N-dealkylation sites (tertiary alicyclic amines) is 1. The van der Waals surface area contributed by atoms with Crippen LogP contribution in [0, 0.1) is 5.92 Å². The molecule has 0 saturated carbocycles. The maximum atomic E-state index is 12.3. The van der Waals surface area contributed by atoms with E-state index in [1.165, 1.54) is 0 Å². The Labute approximate surface area is 149 Å². The fourth-order valence-electron chi connectivity index (χ4n) is 3.32. The van der Waals surface area contributed by atoms with Crippen LogP contribution in [0.4, 0.5) is 4.79 Å². The van der Waals surface area contributed by atoms with Crippen LogP contribution in [0.1, 0.15) is 33.1 Å². The van der Waals surface area contributed by atoms with Gasteiger partial charge in [0.25, 0.3) is 0 Å². The molecule has 2 aliphatic heterocycles. The van der Waals surface area contributed by atoms with Crippen LogP contribution in [-0.2, 0) is 14.3 Å². The third-order valence-electron chi connectivity index (χ3n) is 4.98. The highest BCUT2D eigenvalue weighted by molar-refractivity contribution is 5.96. The van der Waals surface area contributed by atoms with Crippen LogP contribution in [0.3, 0.4) is 0 Å². The smallest absolute Gasteiger partial charge is 0.321 e. The Balaban J connectivity index is 1.72. The number of morpholine rings is 1. The lowest BCUT2D eigenvalue weighted by Crippen LogP contribution is -2.51. The fourth-order valence-corrected chi connectivity index (χ4v) is 3.32. The quantitative estimate of drug-likeness (QED) is 0.735. The SMILES string of the molecule is CCNC(=O)NC(=O)C(C)N1CCC(CC(=O)N2CCOCC2)CC1. The molecule has 0 aromatic carbocycles. The van der Waals surface area contributed by atoms with E-state index in [1.807, 2.05) is 11.8 Å². The molecule has 0 radical (unpaired) electrons. The summed E-state index contributed by atoms with van der Waals surface area (Å²) in [4.78, 5) is 39.8. The minimum Gasteiger partial charge on any atom is -0.378 e. The molecule has 8 nitrogen and oxygen atoms in total. The Morgan fingerprint density at radius 1 is 1.12 bits per heavy atom. The Hall–Kier alpha value is -1.67. The molecule has 8 heteroatoms. The molecule has 2 N–H and O–H groups in total. The van der Waals surface area contributed by atoms with Crippen molar-refractivity contribution in [2.75, 3.05) is 45.9 Å². The van der Waals surface area contributed by atoms with Crippen LogP contribution in [-0.4, -0.2) is 79.6 Å². The first kappa shape index (κ1) is 19.7. The molecule has 0 aromatic heterocycles. The van der Waals surface area contributed by atoms with Crippen molar-refractivity contribution in [3.8, 4) is 0 Å². The van der Waals surface area contributed by atoms with E-state index >= 15 is 0 Å². The first-order valence-corrected chi connectivity index (χ1v) is 9.19. The Morgan fingerprint density at radius 2 is 1.76 bits per heavy atom. The van der Waals surface area contributed by atoms with Gasteiger partial charge in [0.2, 0.25) is 11.8 Å². The molecule has 1 unspecified atom stereocenters. The van der Waals surface area contributed by atoms with Gasteiger partial charge < -0.3 is 15.0 Å². The Bertz CT molecular complexity index is 471. The molecule has 2 fully saturated rings. The summed E-state index contributed by atoms with van der Waals surface area (Å²) in [5, 5.41) is 4.91. The van der Waals surface area contributed by atoms with Crippen LogP contribution in [0.2, 0.25) is 0 Å². The lowest BCUT2D eigenvalue weighted by Gasteiger charge is -2.36. The van der Waals surface area contributed by atoms with Crippen LogP contribution >= 0.6 is 0 Å². The van der Waals surface area contributed by atoms with Crippen molar-refractivity contribution >= 4 is 17.8 Å². The van der Waals surface area contributed by atoms with Gasteiger partial charge in [-0.15, -0.1) is 0 Å². The standard InChI is InChI=1S/C17H30N4O4/c1-3-18-17(24)19-16(23)13(2)20-6-4-14(5-7-20)12-15(22)21-8-10-25-11-9-21/h13-14H,3-12H2,1-2H3,(H2,18,19,23,24). The van der Waals surface area contributed by atoms with E-state index < -0.39 is 6.03 Å². The topological polar surface area (TPSA) is 91.0 Å². The highest BCUT2D eigenvalue weighted by Crippen LogP contribution is 2.23. The second-order valence-electron chi connectivity index (χ2n) is 6.70. The molecule has 0 aromatic rings. The maximum Gasteiger partial charge on any atom is 0.321 e. The van der Waals surface area contributed by atoms with E-state index in [0.29, 0.717) is 45.2 Å². The number of imide groups is 1.